The zero-order chi connectivity index (χ0) is 17.5. The number of nitro groups is 1. The van der Waals surface area contributed by atoms with E-state index >= 15 is 0 Å². The molecule has 0 bridgehead atoms. The zero-order valence-electron chi connectivity index (χ0n) is 12.6. The number of ether oxygens (including phenoxy) is 2. The van der Waals surface area contributed by atoms with Gasteiger partial charge in [-0.05, 0) is 25.0 Å². The van der Waals surface area contributed by atoms with Gasteiger partial charge >= 0.3 is 6.61 Å². The number of carbonyl (C=O) groups is 1. The van der Waals surface area contributed by atoms with E-state index in [0.29, 0.717) is 13.2 Å². The van der Waals surface area contributed by atoms with Crippen molar-refractivity contribution >= 4 is 17.7 Å². The SMILES string of the molecule is O=C(/C=C/c1cc([N+](=O)[O-])ccc1OC(F)F)NC[C@@H]1CCCO1. The number of nitrogens with one attached hydrogen (secondary N) is 1. The molecule has 7 nitrogen and oxygen atoms in total. The second-order valence-electron chi connectivity index (χ2n) is 5.07. The van der Waals surface area contributed by atoms with Crippen molar-refractivity contribution in [2.45, 2.75) is 25.6 Å². The van der Waals surface area contributed by atoms with Crippen LogP contribution in [0, 0.1) is 10.1 Å². The molecule has 1 aliphatic rings. The Hall–Kier alpha value is -2.55. The van der Waals surface area contributed by atoms with Gasteiger partial charge in [-0.15, -0.1) is 0 Å². The highest BCUT2D eigenvalue weighted by atomic mass is 19.3. The van der Waals surface area contributed by atoms with Crippen molar-refractivity contribution in [3.8, 4) is 5.75 Å². The standard InChI is InChI=1S/C15H16F2N2O5/c16-15(17)24-13-5-4-11(19(21)22)8-10(13)3-6-14(20)18-9-12-2-1-7-23-12/h3-6,8,12,15H,1-2,7,9H2,(H,18,20)/b6-3+/t12-/m0/s1. The molecule has 24 heavy (non-hydrogen) atoms. The minimum atomic E-state index is -3.08. The number of amides is 1. The summed E-state index contributed by atoms with van der Waals surface area (Å²) >= 11 is 0. The van der Waals surface area contributed by atoms with Crippen molar-refractivity contribution in [1.29, 1.82) is 0 Å². The van der Waals surface area contributed by atoms with E-state index in [9.17, 15) is 23.7 Å². The van der Waals surface area contributed by atoms with Gasteiger partial charge < -0.3 is 14.8 Å². The van der Waals surface area contributed by atoms with E-state index in [1.807, 2.05) is 0 Å². The van der Waals surface area contributed by atoms with Crippen LogP contribution in [0.25, 0.3) is 6.08 Å². The van der Waals surface area contributed by atoms with Gasteiger partial charge in [0.25, 0.3) is 5.69 Å². The maximum Gasteiger partial charge on any atom is 0.387 e. The molecule has 1 heterocycles. The fraction of sp³-hybridized carbons (Fsp3) is 0.400. The Bertz CT molecular complexity index is 630. The van der Waals surface area contributed by atoms with Crippen LogP contribution in [0.2, 0.25) is 0 Å². The predicted octanol–water partition coefficient (Wildman–Crippen LogP) is 2.50. The van der Waals surface area contributed by atoms with Crippen LogP contribution in [0.5, 0.6) is 5.75 Å². The van der Waals surface area contributed by atoms with Crippen molar-refractivity contribution in [2.75, 3.05) is 13.2 Å². The minimum absolute atomic E-state index is 0.0109. The van der Waals surface area contributed by atoms with Gasteiger partial charge in [-0.3, -0.25) is 14.9 Å². The molecule has 0 aromatic heterocycles. The summed E-state index contributed by atoms with van der Waals surface area (Å²) in [6.07, 6.45) is 4.07. The number of rotatable bonds is 7. The van der Waals surface area contributed by atoms with Gasteiger partial charge in [0.15, 0.2) is 0 Å². The number of nitro benzene ring substituents is 1. The van der Waals surface area contributed by atoms with Crippen LogP contribution in [0.15, 0.2) is 24.3 Å². The highest BCUT2D eigenvalue weighted by Gasteiger charge is 2.16. The molecule has 1 aliphatic heterocycles. The lowest BCUT2D eigenvalue weighted by Crippen LogP contribution is -2.30. The first kappa shape index (κ1) is 17.8. The van der Waals surface area contributed by atoms with Crippen molar-refractivity contribution in [1.82, 2.24) is 5.32 Å². The van der Waals surface area contributed by atoms with Crippen LogP contribution in [0.3, 0.4) is 0 Å². The van der Waals surface area contributed by atoms with Crippen LogP contribution in [0.4, 0.5) is 14.5 Å². The molecule has 1 amide bonds. The van der Waals surface area contributed by atoms with Crippen LogP contribution >= 0.6 is 0 Å². The molecular weight excluding hydrogens is 326 g/mol. The summed E-state index contributed by atoms with van der Waals surface area (Å²) in [6, 6.07) is 3.17. The zero-order valence-corrected chi connectivity index (χ0v) is 12.6. The number of benzene rings is 1. The number of hydrogen-bond donors (Lipinski definition) is 1. The summed E-state index contributed by atoms with van der Waals surface area (Å²) in [5.74, 6) is -0.709. The van der Waals surface area contributed by atoms with E-state index in [-0.39, 0.29) is 23.1 Å². The topological polar surface area (TPSA) is 90.7 Å². The number of nitrogens with zero attached hydrogens (tertiary/aromatic N) is 1. The molecule has 0 aliphatic carbocycles. The maximum atomic E-state index is 12.4. The lowest BCUT2D eigenvalue weighted by molar-refractivity contribution is -0.384. The van der Waals surface area contributed by atoms with E-state index in [1.54, 1.807) is 0 Å². The Labute approximate surface area is 136 Å². The van der Waals surface area contributed by atoms with Gasteiger partial charge in [0.05, 0.1) is 11.0 Å². The Kier molecular flexibility index (Phi) is 6.19. The van der Waals surface area contributed by atoms with Crippen LogP contribution in [-0.4, -0.2) is 36.7 Å². The first-order chi connectivity index (χ1) is 11.5. The van der Waals surface area contributed by atoms with E-state index in [2.05, 4.69) is 10.1 Å². The summed E-state index contributed by atoms with van der Waals surface area (Å²) < 4.78 is 34.4. The molecule has 1 atom stereocenters. The number of alkyl halides is 2. The Balaban J connectivity index is 2.05. The predicted molar refractivity (Wildman–Crippen MR) is 80.7 cm³/mol. The summed E-state index contributed by atoms with van der Waals surface area (Å²) in [7, 11) is 0. The molecule has 1 aromatic rings. The molecule has 1 aromatic carbocycles. The molecule has 0 radical (unpaired) electrons. The Morgan fingerprint density at radius 3 is 2.96 bits per heavy atom. The summed E-state index contributed by atoms with van der Waals surface area (Å²) in [6.45, 7) is -2.07. The largest absolute Gasteiger partial charge is 0.434 e. The molecule has 1 saturated heterocycles. The summed E-state index contributed by atoms with van der Waals surface area (Å²) in [4.78, 5) is 21.9. The lowest BCUT2D eigenvalue weighted by Gasteiger charge is -2.09. The third kappa shape index (κ3) is 5.27. The number of hydrogen-bond acceptors (Lipinski definition) is 5. The van der Waals surface area contributed by atoms with E-state index < -0.39 is 17.4 Å². The third-order valence-electron chi connectivity index (χ3n) is 3.36. The average molecular weight is 342 g/mol. The second-order valence-corrected chi connectivity index (χ2v) is 5.07. The first-order valence-electron chi connectivity index (χ1n) is 7.26. The van der Waals surface area contributed by atoms with Crippen molar-refractivity contribution in [3.05, 3.63) is 40.0 Å². The Morgan fingerprint density at radius 1 is 1.54 bits per heavy atom. The van der Waals surface area contributed by atoms with Gasteiger partial charge in [-0.1, -0.05) is 0 Å². The van der Waals surface area contributed by atoms with Gasteiger partial charge in [0.2, 0.25) is 5.91 Å². The normalized spacial score (nSPS) is 17.4. The number of halogens is 2. The minimum Gasteiger partial charge on any atom is -0.434 e. The molecule has 0 unspecified atom stereocenters. The molecule has 0 spiro atoms. The third-order valence-corrected chi connectivity index (χ3v) is 3.36. The van der Waals surface area contributed by atoms with Crippen LogP contribution < -0.4 is 10.1 Å². The van der Waals surface area contributed by atoms with Gasteiger partial charge in [0.1, 0.15) is 5.75 Å². The molecule has 9 heteroatoms. The maximum absolute atomic E-state index is 12.4. The van der Waals surface area contributed by atoms with Crippen molar-refractivity contribution < 1.29 is 28.0 Å². The lowest BCUT2D eigenvalue weighted by atomic mass is 10.1. The smallest absolute Gasteiger partial charge is 0.387 e. The highest BCUT2D eigenvalue weighted by Crippen LogP contribution is 2.26. The fourth-order valence-corrected chi connectivity index (χ4v) is 2.23. The molecule has 0 saturated carbocycles. The van der Waals surface area contributed by atoms with Crippen LogP contribution in [-0.2, 0) is 9.53 Å². The number of non-ortho nitro benzene ring substituents is 1. The highest BCUT2D eigenvalue weighted by molar-refractivity contribution is 5.92. The molecule has 1 fully saturated rings. The number of carbonyl (C=O) groups excluding carboxylic acids is 1. The van der Waals surface area contributed by atoms with Crippen LogP contribution in [0.1, 0.15) is 18.4 Å². The first-order valence-corrected chi connectivity index (χ1v) is 7.26. The monoisotopic (exact) mass is 342 g/mol. The molecular formula is C15H16F2N2O5. The average Bonchev–Trinajstić information content (AvgIpc) is 3.04. The van der Waals surface area contributed by atoms with E-state index in [0.717, 1.165) is 37.1 Å². The fourth-order valence-electron chi connectivity index (χ4n) is 2.23. The van der Waals surface area contributed by atoms with Gasteiger partial charge in [-0.25, -0.2) is 0 Å². The second kappa shape index (κ2) is 8.34. The van der Waals surface area contributed by atoms with Crippen molar-refractivity contribution in [2.24, 2.45) is 0 Å². The van der Waals surface area contributed by atoms with E-state index in [4.69, 9.17) is 4.74 Å². The molecule has 1 N–H and O–H groups in total. The van der Waals surface area contributed by atoms with Gasteiger partial charge in [0, 0.05) is 36.9 Å². The summed E-state index contributed by atoms with van der Waals surface area (Å²) in [5, 5.41) is 13.4. The molecule has 130 valence electrons. The quantitative estimate of drug-likeness (QED) is 0.467. The Morgan fingerprint density at radius 2 is 2.33 bits per heavy atom. The van der Waals surface area contributed by atoms with Crippen molar-refractivity contribution in [3.63, 3.8) is 0 Å². The van der Waals surface area contributed by atoms with E-state index in [1.165, 1.54) is 6.08 Å². The summed E-state index contributed by atoms with van der Waals surface area (Å²) in [5.41, 5.74) is -0.284. The molecule has 2 rings (SSSR count). The van der Waals surface area contributed by atoms with Gasteiger partial charge in [-0.2, -0.15) is 8.78 Å².